The summed E-state index contributed by atoms with van der Waals surface area (Å²) in [7, 11) is -2.83. The standard InChI is InChI=1S/C13H21NO3S/c15-18(16)9-12(14-3-5-17-6-4-14)13(18)8-10-1-2-11(13)7-10/h10-12H,1-9H2/t10-,11-,12+,13+/m0/s1. The van der Waals surface area contributed by atoms with Crippen LogP contribution in [0.1, 0.15) is 25.7 Å². The van der Waals surface area contributed by atoms with Crippen LogP contribution in [0.3, 0.4) is 0 Å². The molecule has 2 aliphatic carbocycles. The summed E-state index contributed by atoms with van der Waals surface area (Å²) in [5, 5.41) is 0. The van der Waals surface area contributed by atoms with E-state index in [4.69, 9.17) is 4.74 Å². The number of ether oxygens (including phenoxy) is 1. The third-order valence-electron chi connectivity index (χ3n) is 5.85. The van der Waals surface area contributed by atoms with Crippen molar-refractivity contribution in [2.24, 2.45) is 11.8 Å². The molecule has 0 radical (unpaired) electrons. The normalized spacial score (nSPS) is 50.6. The van der Waals surface area contributed by atoms with E-state index in [9.17, 15) is 8.42 Å². The van der Waals surface area contributed by atoms with Crippen LogP contribution in [0.15, 0.2) is 0 Å². The smallest absolute Gasteiger partial charge is 0.159 e. The van der Waals surface area contributed by atoms with Crippen LogP contribution in [-0.2, 0) is 14.6 Å². The van der Waals surface area contributed by atoms with Crippen molar-refractivity contribution in [3.8, 4) is 0 Å². The molecule has 0 aromatic carbocycles. The monoisotopic (exact) mass is 271 g/mol. The van der Waals surface area contributed by atoms with Crippen LogP contribution in [0.25, 0.3) is 0 Å². The van der Waals surface area contributed by atoms with Gasteiger partial charge in [0.15, 0.2) is 9.84 Å². The van der Waals surface area contributed by atoms with Crippen molar-refractivity contribution in [3.05, 3.63) is 0 Å². The Balaban J connectivity index is 1.65. The minimum absolute atomic E-state index is 0.293. The second-order valence-corrected chi connectivity index (χ2v) is 8.80. The molecule has 102 valence electrons. The van der Waals surface area contributed by atoms with Crippen molar-refractivity contribution < 1.29 is 13.2 Å². The second kappa shape index (κ2) is 3.70. The summed E-state index contributed by atoms with van der Waals surface area (Å²) in [6.07, 6.45) is 4.52. The van der Waals surface area contributed by atoms with E-state index in [1.165, 1.54) is 12.8 Å². The van der Waals surface area contributed by atoms with E-state index in [2.05, 4.69) is 4.90 Å². The van der Waals surface area contributed by atoms with Gasteiger partial charge in [-0.05, 0) is 31.1 Å². The van der Waals surface area contributed by atoms with Gasteiger partial charge in [-0.3, -0.25) is 4.90 Å². The molecule has 2 saturated carbocycles. The number of rotatable bonds is 1. The zero-order valence-electron chi connectivity index (χ0n) is 10.7. The first-order chi connectivity index (χ1) is 8.63. The van der Waals surface area contributed by atoms with Crippen molar-refractivity contribution in [2.45, 2.75) is 36.5 Å². The van der Waals surface area contributed by atoms with Gasteiger partial charge in [-0.25, -0.2) is 8.42 Å². The predicted octanol–water partition coefficient (Wildman–Crippen LogP) is 0.674. The molecule has 4 aliphatic rings. The molecule has 0 aromatic rings. The summed E-state index contributed by atoms with van der Waals surface area (Å²) in [5.74, 6) is 1.54. The maximum atomic E-state index is 12.4. The van der Waals surface area contributed by atoms with E-state index in [0.717, 1.165) is 39.1 Å². The fourth-order valence-electron chi connectivity index (χ4n) is 5.03. The van der Waals surface area contributed by atoms with Crippen LogP contribution < -0.4 is 0 Å². The Kier molecular flexibility index (Phi) is 2.40. The third kappa shape index (κ3) is 1.30. The molecule has 18 heavy (non-hydrogen) atoms. The number of morpholine rings is 1. The van der Waals surface area contributed by atoms with Crippen molar-refractivity contribution in [2.75, 3.05) is 32.1 Å². The molecule has 2 bridgehead atoms. The second-order valence-electron chi connectivity index (χ2n) is 6.48. The average Bonchev–Trinajstić information content (AvgIpc) is 2.99. The van der Waals surface area contributed by atoms with Gasteiger partial charge in [0, 0.05) is 19.1 Å². The van der Waals surface area contributed by atoms with Gasteiger partial charge in [-0.1, -0.05) is 6.42 Å². The molecule has 1 spiro atoms. The summed E-state index contributed by atoms with van der Waals surface area (Å²) in [4.78, 5) is 2.39. The highest BCUT2D eigenvalue weighted by atomic mass is 32.2. The van der Waals surface area contributed by atoms with Crippen LogP contribution >= 0.6 is 0 Å². The van der Waals surface area contributed by atoms with Crippen molar-refractivity contribution in [1.29, 1.82) is 0 Å². The van der Waals surface area contributed by atoms with Gasteiger partial charge in [0.25, 0.3) is 0 Å². The molecule has 2 heterocycles. The lowest BCUT2D eigenvalue weighted by Crippen LogP contribution is -2.72. The average molecular weight is 271 g/mol. The van der Waals surface area contributed by atoms with E-state index >= 15 is 0 Å². The van der Waals surface area contributed by atoms with Gasteiger partial charge in [-0.2, -0.15) is 0 Å². The minimum Gasteiger partial charge on any atom is -0.379 e. The van der Waals surface area contributed by atoms with E-state index in [-0.39, 0.29) is 4.75 Å². The molecule has 4 nitrogen and oxygen atoms in total. The van der Waals surface area contributed by atoms with Gasteiger partial charge in [0.1, 0.15) is 0 Å². The first kappa shape index (κ1) is 11.7. The van der Waals surface area contributed by atoms with Crippen LogP contribution in [-0.4, -0.2) is 56.2 Å². The van der Waals surface area contributed by atoms with Crippen molar-refractivity contribution in [1.82, 2.24) is 4.90 Å². The Hall–Kier alpha value is -0.130. The van der Waals surface area contributed by atoms with E-state index in [1.54, 1.807) is 0 Å². The molecule has 4 rings (SSSR count). The molecule has 2 saturated heterocycles. The van der Waals surface area contributed by atoms with Crippen LogP contribution in [0.2, 0.25) is 0 Å². The Morgan fingerprint density at radius 1 is 1.17 bits per heavy atom. The van der Waals surface area contributed by atoms with Gasteiger partial charge in [-0.15, -0.1) is 0 Å². The highest BCUT2D eigenvalue weighted by Gasteiger charge is 2.70. The highest BCUT2D eigenvalue weighted by Crippen LogP contribution is 2.61. The molecule has 5 heteroatoms. The van der Waals surface area contributed by atoms with Crippen molar-refractivity contribution >= 4 is 9.84 Å². The summed E-state index contributed by atoms with van der Waals surface area (Å²) >= 11 is 0. The number of hydrogen-bond acceptors (Lipinski definition) is 4. The van der Waals surface area contributed by atoms with Crippen LogP contribution in [0.4, 0.5) is 0 Å². The highest BCUT2D eigenvalue weighted by molar-refractivity contribution is 7.94. The van der Waals surface area contributed by atoms with E-state index < -0.39 is 9.84 Å². The fraction of sp³-hybridized carbons (Fsp3) is 1.00. The number of hydrogen-bond donors (Lipinski definition) is 0. The molecule has 2 aliphatic heterocycles. The molecule has 0 amide bonds. The van der Waals surface area contributed by atoms with Crippen molar-refractivity contribution in [3.63, 3.8) is 0 Å². The Labute approximate surface area is 109 Å². The summed E-state index contributed by atoms with van der Waals surface area (Å²) in [6.45, 7) is 3.36. The zero-order valence-corrected chi connectivity index (χ0v) is 11.5. The molecule has 0 N–H and O–H groups in total. The Morgan fingerprint density at radius 3 is 2.50 bits per heavy atom. The Bertz CT molecular complexity index is 457. The molecule has 4 atom stereocenters. The topological polar surface area (TPSA) is 46.6 Å². The number of sulfone groups is 1. The summed E-state index contributed by atoms with van der Waals surface area (Å²) in [5.41, 5.74) is 0. The number of nitrogens with zero attached hydrogens (tertiary/aromatic N) is 1. The fourth-order valence-corrected chi connectivity index (χ4v) is 7.82. The summed E-state index contributed by atoms with van der Waals surface area (Å²) < 4.78 is 29.9. The molecular formula is C13H21NO3S. The lowest BCUT2D eigenvalue weighted by atomic mass is 9.81. The maximum absolute atomic E-state index is 12.4. The van der Waals surface area contributed by atoms with Gasteiger partial charge >= 0.3 is 0 Å². The SMILES string of the molecule is O=S1(=O)C[C@@H](N2CCOCC2)[C@]12C[C@H]1CC[C@H]2C1. The lowest BCUT2D eigenvalue weighted by molar-refractivity contribution is -0.000713. The predicted molar refractivity (Wildman–Crippen MR) is 68.1 cm³/mol. The van der Waals surface area contributed by atoms with Gasteiger partial charge in [0.05, 0.1) is 23.7 Å². The lowest BCUT2D eigenvalue weighted by Gasteiger charge is -2.56. The van der Waals surface area contributed by atoms with E-state index in [0.29, 0.717) is 23.6 Å². The maximum Gasteiger partial charge on any atom is 0.159 e. The Morgan fingerprint density at radius 2 is 1.94 bits per heavy atom. The zero-order chi connectivity index (χ0) is 12.4. The summed E-state index contributed by atoms with van der Waals surface area (Å²) in [6, 6.07) is 0.293. The molecule has 0 unspecified atom stereocenters. The first-order valence-electron chi connectivity index (χ1n) is 7.17. The minimum atomic E-state index is -2.83. The van der Waals surface area contributed by atoms with E-state index in [1.807, 2.05) is 0 Å². The number of fused-ring (bicyclic) bond motifs is 3. The molecular weight excluding hydrogens is 250 g/mol. The molecule has 0 aromatic heterocycles. The largest absolute Gasteiger partial charge is 0.379 e. The van der Waals surface area contributed by atoms with Crippen LogP contribution in [0.5, 0.6) is 0 Å². The van der Waals surface area contributed by atoms with Gasteiger partial charge < -0.3 is 4.74 Å². The molecule has 4 fully saturated rings. The first-order valence-corrected chi connectivity index (χ1v) is 8.83. The quantitative estimate of drug-likeness (QED) is 0.703. The van der Waals surface area contributed by atoms with Gasteiger partial charge in [0.2, 0.25) is 0 Å². The van der Waals surface area contributed by atoms with Crippen LogP contribution in [0, 0.1) is 11.8 Å². The third-order valence-corrected chi connectivity index (χ3v) is 8.53.